The van der Waals surface area contributed by atoms with Crippen molar-refractivity contribution in [2.45, 2.75) is 64.5 Å². The van der Waals surface area contributed by atoms with Gasteiger partial charge in [-0.05, 0) is 69.0 Å². The van der Waals surface area contributed by atoms with Crippen LogP contribution in [0, 0.1) is 5.92 Å². The third-order valence-electron chi connectivity index (χ3n) is 5.81. The van der Waals surface area contributed by atoms with Crippen LogP contribution in [0.5, 0.6) is 0 Å². The van der Waals surface area contributed by atoms with Crippen molar-refractivity contribution < 1.29 is 4.79 Å². The number of nitrogens with zero attached hydrogens (tertiary/aromatic N) is 2. The molecule has 3 rings (SSSR count). The summed E-state index contributed by atoms with van der Waals surface area (Å²) in [6.07, 6.45) is 7.34. The molecule has 0 bridgehead atoms. The van der Waals surface area contributed by atoms with Gasteiger partial charge >= 0.3 is 0 Å². The zero-order valence-electron chi connectivity index (χ0n) is 15.6. The van der Waals surface area contributed by atoms with Crippen molar-refractivity contribution in [1.29, 1.82) is 0 Å². The van der Waals surface area contributed by atoms with Crippen LogP contribution in [-0.4, -0.2) is 47.4 Å². The van der Waals surface area contributed by atoms with E-state index in [1.807, 2.05) is 24.3 Å². The predicted octanol–water partition coefficient (Wildman–Crippen LogP) is 4.85. The summed E-state index contributed by atoms with van der Waals surface area (Å²) in [5.74, 6) is 0.638. The van der Waals surface area contributed by atoms with E-state index in [1.165, 1.54) is 38.8 Å². The summed E-state index contributed by atoms with van der Waals surface area (Å²) in [7, 11) is 0. The summed E-state index contributed by atoms with van der Waals surface area (Å²) in [6, 6.07) is 8.07. The topological polar surface area (TPSA) is 23.6 Å². The fraction of sp³-hybridized carbons (Fsp3) is 0.667. The molecule has 0 unspecified atom stereocenters. The molecule has 1 heterocycles. The highest BCUT2D eigenvalue weighted by atomic mass is 35.5. The Morgan fingerprint density at radius 2 is 1.72 bits per heavy atom. The summed E-state index contributed by atoms with van der Waals surface area (Å²) < 4.78 is 0. The number of amides is 1. The molecule has 1 saturated carbocycles. The number of hydrogen-bond acceptors (Lipinski definition) is 2. The van der Waals surface area contributed by atoms with Gasteiger partial charge in [0.15, 0.2) is 0 Å². The lowest BCUT2D eigenvalue weighted by atomic mass is 9.97. The molecule has 0 N–H and O–H groups in total. The van der Waals surface area contributed by atoms with Crippen molar-refractivity contribution in [2.75, 3.05) is 19.6 Å². The molecule has 1 amide bonds. The van der Waals surface area contributed by atoms with Crippen LogP contribution in [0.4, 0.5) is 0 Å². The van der Waals surface area contributed by atoms with Crippen LogP contribution in [0.2, 0.25) is 5.02 Å². The average molecular weight is 363 g/mol. The molecule has 0 aromatic heterocycles. The second-order valence-corrected chi connectivity index (χ2v) is 8.41. The Morgan fingerprint density at radius 3 is 2.28 bits per heavy atom. The Balaban J connectivity index is 1.85. The standard InChI is InChI=1S/C21H31ClN2O/c1-16(2)20(15-23-13-5-6-14-23)24(19-7-3-4-8-19)21(25)17-9-11-18(22)12-10-17/h9-12,16,19-20H,3-8,13-15H2,1-2H3/t20-/m1/s1. The maximum atomic E-state index is 13.4. The number of hydrogen-bond donors (Lipinski definition) is 0. The van der Waals surface area contributed by atoms with E-state index >= 15 is 0 Å². The number of benzene rings is 1. The van der Waals surface area contributed by atoms with E-state index in [2.05, 4.69) is 23.6 Å². The molecule has 4 heteroatoms. The average Bonchev–Trinajstić information content (AvgIpc) is 3.28. The largest absolute Gasteiger partial charge is 0.331 e. The van der Waals surface area contributed by atoms with Gasteiger partial charge in [-0.25, -0.2) is 0 Å². The molecule has 0 spiro atoms. The van der Waals surface area contributed by atoms with Gasteiger partial charge in [0, 0.05) is 29.2 Å². The van der Waals surface area contributed by atoms with Crippen LogP contribution in [0.3, 0.4) is 0 Å². The second-order valence-electron chi connectivity index (χ2n) is 7.98. The van der Waals surface area contributed by atoms with Gasteiger partial charge in [-0.1, -0.05) is 38.3 Å². The lowest BCUT2D eigenvalue weighted by Crippen LogP contribution is -2.53. The molecule has 3 nitrogen and oxygen atoms in total. The molecule has 1 saturated heterocycles. The van der Waals surface area contributed by atoms with Gasteiger partial charge < -0.3 is 9.80 Å². The molecule has 0 radical (unpaired) electrons. The van der Waals surface area contributed by atoms with Crippen LogP contribution in [-0.2, 0) is 0 Å². The summed E-state index contributed by atoms with van der Waals surface area (Å²) in [4.78, 5) is 18.2. The Hall–Kier alpha value is -1.06. The molecule has 138 valence electrons. The molecule has 1 aliphatic heterocycles. The Bertz CT molecular complexity index is 560. The summed E-state index contributed by atoms with van der Waals surface area (Å²) >= 11 is 6.02. The van der Waals surface area contributed by atoms with Gasteiger partial charge in [-0.3, -0.25) is 4.79 Å². The Morgan fingerprint density at radius 1 is 1.12 bits per heavy atom. The van der Waals surface area contributed by atoms with E-state index in [-0.39, 0.29) is 11.9 Å². The molecule has 1 aromatic carbocycles. The van der Waals surface area contributed by atoms with E-state index in [1.54, 1.807) is 0 Å². The summed E-state index contributed by atoms with van der Waals surface area (Å²) in [5.41, 5.74) is 0.767. The normalized spacial score (nSPS) is 20.3. The van der Waals surface area contributed by atoms with Gasteiger partial charge in [-0.2, -0.15) is 0 Å². The lowest BCUT2D eigenvalue weighted by molar-refractivity contribution is 0.0436. The third kappa shape index (κ3) is 4.57. The zero-order valence-corrected chi connectivity index (χ0v) is 16.3. The smallest absolute Gasteiger partial charge is 0.254 e. The molecule has 1 atom stereocenters. The fourth-order valence-corrected chi connectivity index (χ4v) is 4.49. The van der Waals surface area contributed by atoms with Crippen LogP contribution in [0.25, 0.3) is 0 Å². The maximum absolute atomic E-state index is 13.4. The molecule has 2 fully saturated rings. The molecule has 1 aromatic rings. The van der Waals surface area contributed by atoms with E-state index in [9.17, 15) is 4.79 Å². The lowest BCUT2D eigenvalue weighted by Gasteiger charge is -2.41. The van der Waals surface area contributed by atoms with E-state index < -0.39 is 0 Å². The number of carbonyl (C=O) groups is 1. The molecule has 25 heavy (non-hydrogen) atoms. The van der Waals surface area contributed by atoms with Gasteiger partial charge in [-0.15, -0.1) is 0 Å². The Labute approximate surface area is 157 Å². The SMILES string of the molecule is CC(C)[C@@H](CN1CCCC1)N(C(=O)c1ccc(Cl)cc1)C1CCCC1. The highest BCUT2D eigenvalue weighted by molar-refractivity contribution is 6.30. The highest BCUT2D eigenvalue weighted by Gasteiger charge is 2.35. The van der Waals surface area contributed by atoms with E-state index in [4.69, 9.17) is 11.6 Å². The van der Waals surface area contributed by atoms with Gasteiger partial charge in [0.2, 0.25) is 0 Å². The van der Waals surface area contributed by atoms with E-state index in [0.29, 0.717) is 17.0 Å². The first kappa shape index (κ1) is 18.7. The summed E-state index contributed by atoms with van der Waals surface area (Å²) in [6.45, 7) is 7.89. The van der Waals surface area contributed by atoms with Crippen molar-refractivity contribution >= 4 is 17.5 Å². The van der Waals surface area contributed by atoms with Crippen LogP contribution >= 0.6 is 11.6 Å². The van der Waals surface area contributed by atoms with Crippen molar-refractivity contribution in [1.82, 2.24) is 9.80 Å². The highest BCUT2D eigenvalue weighted by Crippen LogP contribution is 2.30. The number of carbonyl (C=O) groups excluding carboxylic acids is 1. The second kappa shape index (κ2) is 8.55. The minimum Gasteiger partial charge on any atom is -0.331 e. The van der Waals surface area contributed by atoms with Crippen molar-refractivity contribution in [3.8, 4) is 0 Å². The van der Waals surface area contributed by atoms with Crippen molar-refractivity contribution in [3.63, 3.8) is 0 Å². The molecular weight excluding hydrogens is 332 g/mol. The van der Waals surface area contributed by atoms with E-state index in [0.717, 1.165) is 24.9 Å². The minimum absolute atomic E-state index is 0.182. The van der Waals surface area contributed by atoms with Crippen molar-refractivity contribution in [3.05, 3.63) is 34.9 Å². The quantitative estimate of drug-likeness (QED) is 0.722. The fourth-order valence-electron chi connectivity index (χ4n) is 4.36. The molecular formula is C21H31ClN2O. The first-order valence-corrected chi connectivity index (χ1v) is 10.2. The zero-order chi connectivity index (χ0) is 17.8. The van der Waals surface area contributed by atoms with Crippen molar-refractivity contribution in [2.24, 2.45) is 5.92 Å². The number of rotatable bonds is 6. The number of halogens is 1. The molecule has 1 aliphatic carbocycles. The van der Waals surface area contributed by atoms with Crippen LogP contribution in [0.15, 0.2) is 24.3 Å². The van der Waals surface area contributed by atoms with Crippen LogP contribution in [0.1, 0.15) is 62.7 Å². The Kier molecular flexibility index (Phi) is 6.40. The third-order valence-corrected chi connectivity index (χ3v) is 6.07. The van der Waals surface area contributed by atoms with Gasteiger partial charge in [0.05, 0.1) is 0 Å². The first-order chi connectivity index (χ1) is 12.1. The van der Waals surface area contributed by atoms with Crippen LogP contribution < -0.4 is 0 Å². The minimum atomic E-state index is 0.182. The first-order valence-electron chi connectivity index (χ1n) is 9.87. The maximum Gasteiger partial charge on any atom is 0.254 e. The predicted molar refractivity (Wildman–Crippen MR) is 104 cm³/mol. The van der Waals surface area contributed by atoms with Gasteiger partial charge in [0.1, 0.15) is 0 Å². The molecule has 2 aliphatic rings. The monoisotopic (exact) mass is 362 g/mol. The summed E-state index contributed by atoms with van der Waals surface area (Å²) in [5, 5.41) is 0.682. The van der Waals surface area contributed by atoms with Gasteiger partial charge in [0.25, 0.3) is 5.91 Å². The number of likely N-dealkylation sites (tertiary alicyclic amines) is 1.